The van der Waals surface area contributed by atoms with E-state index in [9.17, 15) is 4.79 Å². The Balaban J connectivity index is 2.88. The van der Waals surface area contributed by atoms with E-state index in [1.54, 1.807) is 17.4 Å². The van der Waals surface area contributed by atoms with E-state index in [1.807, 2.05) is 11.4 Å². The molecule has 72 valence electrons. The first-order valence-electron chi connectivity index (χ1n) is 3.73. The second-order valence-electron chi connectivity index (χ2n) is 2.72. The number of hydrogen-bond acceptors (Lipinski definition) is 3. The van der Waals surface area contributed by atoms with Crippen LogP contribution in [-0.4, -0.2) is 11.1 Å². The van der Waals surface area contributed by atoms with Gasteiger partial charge in [-0.3, -0.25) is 0 Å². The molecule has 1 N–H and O–H groups in total. The average molecular weight is 289 g/mol. The molecule has 0 bridgehead atoms. The highest BCUT2D eigenvalue weighted by Crippen LogP contribution is 2.35. The first-order chi connectivity index (χ1) is 6.61. The van der Waals surface area contributed by atoms with Crippen molar-refractivity contribution in [3.63, 3.8) is 0 Å². The molecule has 0 aliphatic carbocycles. The Kier molecular flexibility index (Phi) is 2.55. The summed E-state index contributed by atoms with van der Waals surface area (Å²) in [5, 5.41) is 11.7. The average Bonchev–Trinajstić information content (AvgIpc) is 2.59. The summed E-state index contributed by atoms with van der Waals surface area (Å²) in [6.45, 7) is 0. The van der Waals surface area contributed by atoms with E-state index in [0.717, 1.165) is 14.6 Å². The van der Waals surface area contributed by atoms with Crippen LogP contribution >= 0.6 is 39.9 Å². The lowest BCUT2D eigenvalue weighted by atomic mass is 10.1. The third kappa shape index (κ3) is 1.45. The number of carboxylic acid groups (broad SMARTS) is 1. The smallest absolute Gasteiger partial charge is 0.336 e. The van der Waals surface area contributed by atoms with Crippen molar-refractivity contribution in [1.29, 1.82) is 0 Å². The zero-order chi connectivity index (χ0) is 10.3. The van der Waals surface area contributed by atoms with Gasteiger partial charge in [0, 0.05) is 19.5 Å². The van der Waals surface area contributed by atoms with E-state index in [2.05, 4.69) is 28.6 Å². The van der Waals surface area contributed by atoms with Gasteiger partial charge in [-0.05, 0) is 33.4 Å². The molecular formula is C9H5BrO2S2. The molecule has 0 radical (unpaired) electrons. The molecule has 2 nitrogen and oxygen atoms in total. The quantitative estimate of drug-likeness (QED) is 0.786. The van der Waals surface area contributed by atoms with Gasteiger partial charge in [-0.2, -0.15) is 0 Å². The normalized spacial score (nSPS) is 10.7. The Hall–Kier alpha value is -0.520. The zero-order valence-corrected chi connectivity index (χ0v) is 10.1. The highest BCUT2D eigenvalue weighted by Gasteiger charge is 2.13. The van der Waals surface area contributed by atoms with Crippen molar-refractivity contribution in [1.82, 2.24) is 0 Å². The molecular weight excluding hydrogens is 284 g/mol. The summed E-state index contributed by atoms with van der Waals surface area (Å²) < 4.78 is 1.83. The van der Waals surface area contributed by atoms with E-state index in [1.165, 1.54) is 0 Å². The SMILES string of the molecule is O=C(O)c1cc(Br)c2sccc2c1S. The lowest BCUT2D eigenvalue weighted by molar-refractivity contribution is 0.0693. The lowest BCUT2D eigenvalue weighted by Gasteiger charge is -2.03. The van der Waals surface area contributed by atoms with Crippen molar-refractivity contribution in [2.75, 3.05) is 0 Å². The Labute approximate surface area is 98.1 Å². The predicted octanol–water partition coefficient (Wildman–Crippen LogP) is 3.65. The van der Waals surface area contributed by atoms with Crippen molar-refractivity contribution < 1.29 is 9.90 Å². The topological polar surface area (TPSA) is 37.3 Å². The molecule has 1 aromatic carbocycles. The van der Waals surface area contributed by atoms with Crippen LogP contribution < -0.4 is 0 Å². The van der Waals surface area contributed by atoms with Gasteiger partial charge < -0.3 is 5.11 Å². The Bertz CT molecular complexity index is 519. The fourth-order valence-electron chi connectivity index (χ4n) is 1.25. The van der Waals surface area contributed by atoms with Crippen molar-refractivity contribution >= 4 is 56.0 Å². The minimum Gasteiger partial charge on any atom is -0.478 e. The molecule has 0 aliphatic heterocycles. The number of halogens is 1. The van der Waals surface area contributed by atoms with Crippen LogP contribution in [-0.2, 0) is 0 Å². The number of rotatable bonds is 1. The molecule has 1 aromatic heterocycles. The minimum absolute atomic E-state index is 0.228. The first kappa shape index (κ1) is 10.0. The summed E-state index contributed by atoms with van der Waals surface area (Å²) in [7, 11) is 0. The van der Waals surface area contributed by atoms with Gasteiger partial charge in [-0.15, -0.1) is 24.0 Å². The molecule has 0 spiro atoms. The maximum Gasteiger partial charge on any atom is 0.336 e. The number of hydrogen-bond donors (Lipinski definition) is 2. The summed E-state index contributed by atoms with van der Waals surface area (Å²) in [5.41, 5.74) is 0.228. The third-order valence-electron chi connectivity index (χ3n) is 1.89. The Morgan fingerprint density at radius 1 is 1.57 bits per heavy atom. The fourth-order valence-corrected chi connectivity index (χ4v) is 3.20. The number of carboxylic acids is 1. The highest BCUT2D eigenvalue weighted by atomic mass is 79.9. The first-order valence-corrected chi connectivity index (χ1v) is 5.85. The number of thiol groups is 1. The molecule has 0 aliphatic rings. The Morgan fingerprint density at radius 2 is 2.29 bits per heavy atom. The molecule has 2 aromatic rings. The minimum atomic E-state index is -0.955. The number of aromatic carboxylic acids is 1. The molecule has 0 atom stereocenters. The van der Waals surface area contributed by atoms with E-state index in [4.69, 9.17) is 5.11 Å². The van der Waals surface area contributed by atoms with Crippen molar-refractivity contribution in [3.05, 3.63) is 27.5 Å². The van der Waals surface area contributed by atoms with Gasteiger partial charge in [0.2, 0.25) is 0 Å². The van der Waals surface area contributed by atoms with E-state index in [0.29, 0.717) is 4.90 Å². The number of carbonyl (C=O) groups is 1. The zero-order valence-electron chi connectivity index (χ0n) is 6.82. The summed E-state index contributed by atoms with van der Waals surface area (Å²) >= 11 is 9.12. The summed E-state index contributed by atoms with van der Waals surface area (Å²) in [6.07, 6.45) is 0. The third-order valence-corrected chi connectivity index (χ3v) is 4.21. The summed E-state index contributed by atoms with van der Waals surface area (Å²) in [4.78, 5) is 11.4. The van der Waals surface area contributed by atoms with Crippen molar-refractivity contribution in [3.8, 4) is 0 Å². The van der Waals surface area contributed by atoms with Gasteiger partial charge in [0.15, 0.2) is 0 Å². The van der Waals surface area contributed by atoms with Crippen molar-refractivity contribution in [2.24, 2.45) is 0 Å². The largest absolute Gasteiger partial charge is 0.478 e. The standard InChI is InChI=1S/C9H5BrO2S2/c10-6-3-5(9(11)12)7(13)4-1-2-14-8(4)6/h1-3,13H,(H,11,12). The molecule has 1 heterocycles. The molecule has 0 saturated heterocycles. The number of benzene rings is 1. The van der Waals surface area contributed by atoms with Gasteiger partial charge in [0.05, 0.1) is 5.56 Å². The number of fused-ring (bicyclic) bond motifs is 1. The lowest BCUT2D eigenvalue weighted by Crippen LogP contribution is -1.97. The molecule has 5 heteroatoms. The fraction of sp³-hybridized carbons (Fsp3) is 0. The van der Waals surface area contributed by atoms with Gasteiger partial charge >= 0.3 is 5.97 Å². The van der Waals surface area contributed by atoms with E-state index >= 15 is 0 Å². The molecule has 2 rings (SSSR count). The van der Waals surface area contributed by atoms with Crippen LogP contribution in [0.3, 0.4) is 0 Å². The predicted molar refractivity (Wildman–Crippen MR) is 63.7 cm³/mol. The number of thiophene rings is 1. The van der Waals surface area contributed by atoms with Gasteiger partial charge in [-0.1, -0.05) is 0 Å². The molecule has 0 fully saturated rings. The second kappa shape index (κ2) is 3.56. The summed E-state index contributed by atoms with van der Waals surface area (Å²) in [6, 6.07) is 3.46. The van der Waals surface area contributed by atoms with Crippen LogP contribution in [0.5, 0.6) is 0 Å². The highest BCUT2D eigenvalue weighted by molar-refractivity contribution is 9.10. The van der Waals surface area contributed by atoms with Crippen molar-refractivity contribution in [2.45, 2.75) is 4.90 Å². The van der Waals surface area contributed by atoms with Gasteiger partial charge in [-0.25, -0.2) is 4.79 Å². The van der Waals surface area contributed by atoms with E-state index < -0.39 is 5.97 Å². The Morgan fingerprint density at radius 3 is 2.93 bits per heavy atom. The van der Waals surface area contributed by atoms with Crippen LogP contribution in [0.4, 0.5) is 0 Å². The van der Waals surface area contributed by atoms with Gasteiger partial charge in [0.1, 0.15) is 0 Å². The van der Waals surface area contributed by atoms with Crippen LogP contribution in [0.25, 0.3) is 10.1 Å². The molecule has 0 saturated carbocycles. The second-order valence-corrected chi connectivity index (χ2v) is 4.94. The molecule has 0 unspecified atom stereocenters. The van der Waals surface area contributed by atoms with Crippen LogP contribution in [0.2, 0.25) is 0 Å². The molecule has 0 amide bonds. The maximum absolute atomic E-state index is 10.9. The monoisotopic (exact) mass is 288 g/mol. The molecule has 14 heavy (non-hydrogen) atoms. The van der Waals surface area contributed by atoms with E-state index in [-0.39, 0.29) is 5.56 Å². The van der Waals surface area contributed by atoms with Crippen LogP contribution in [0, 0.1) is 0 Å². The van der Waals surface area contributed by atoms with Crippen LogP contribution in [0.1, 0.15) is 10.4 Å². The van der Waals surface area contributed by atoms with Gasteiger partial charge in [0.25, 0.3) is 0 Å². The maximum atomic E-state index is 10.9. The van der Waals surface area contributed by atoms with Crippen LogP contribution in [0.15, 0.2) is 26.9 Å². The summed E-state index contributed by atoms with van der Waals surface area (Å²) in [5.74, 6) is -0.955.